The molecule has 3 aromatic rings. The second kappa shape index (κ2) is 9.15. The summed E-state index contributed by atoms with van der Waals surface area (Å²) in [5.41, 5.74) is 5.74. The summed E-state index contributed by atoms with van der Waals surface area (Å²) < 4.78 is 8.96. The average Bonchev–Trinajstić information content (AvgIpc) is 3.20. The van der Waals surface area contributed by atoms with Gasteiger partial charge in [-0.25, -0.2) is 4.79 Å². The fraction of sp³-hybridized carbons (Fsp3) is 0.154. The number of hydrogen-bond donors (Lipinski definition) is 0. The Morgan fingerprint density at radius 2 is 1.64 bits per heavy atom. The first-order valence-corrected chi connectivity index (χ1v) is 11.9. The SMILES string of the molecule is COC(=O)C1=C(C)N(c2ccc(Br)cc2)/C(=C/c2cc(C)n(-c3cccc(Br)c3)c2C)C1=O. The molecule has 2 aromatic carbocycles. The van der Waals surface area contributed by atoms with Gasteiger partial charge in [0.1, 0.15) is 5.57 Å². The van der Waals surface area contributed by atoms with Crippen molar-refractivity contribution in [2.45, 2.75) is 20.8 Å². The van der Waals surface area contributed by atoms with Crippen molar-refractivity contribution >= 4 is 55.4 Å². The van der Waals surface area contributed by atoms with Crippen LogP contribution in [0.15, 0.2) is 80.5 Å². The molecule has 168 valence electrons. The minimum absolute atomic E-state index is 0.0486. The normalized spacial score (nSPS) is 15.0. The van der Waals surface area contributed by atoms with Gasteiger partial charge >= 0.3 is 5.97 Å². The Bertz CT molecular complexity index is 1330. The Morgan fingerprint density at radius 1 is 0.939 bits per heavy atom. The molecule has 7 heteroatoms. The molecule has 0 radical (unpaired) electrons. The molecule has 0 spiro atoms. The van der Waals surface area contributed by atoms with Crippen molar-refractivity contribution in [3.8, 4) is 5.69 Å². The molecule has 1 aliphatic rings. The van der Waals surface area contributed by atoms with E-state index in [4.69, 9.17) is 4.74 Å². The molecular weight excluding hydrogens is 548 g/mol. The highest BCUT2D eigenvalue weighted by Crippen LogP contribution is 2.37. The molecule has 0 bridgehead atoms. The Morgan fingerprint density at radius 3 is 2.27 bits per heavy atom. The van der Waals surface area contributed by atoms with Gasteiger partial charge in [0.2, 0.25) is 5.78 Å². The van der Waals surface area contributed by atoms with Crippen molar-refractivity contribution in [3.05, 3.63) is 97.5 Å². The van der Waals surface area contributed by atoms with Crippen LogP contribution < -0.4 is 4.90 Å². The van der Waals surface area contributed by atoms with Crippen LogP contribution in [0.5, 0.6) is 0 Å². The van der Waals surface area contributed by atoms with Crippen molar-refractivity contribution < 1.29 is 14.3 Å². The van der Waals surface area contributed by atoms with E-state index in [-0.39, 0.29) is 11.4 Å². The molecule has 0 aliphatic carbocycles. The van der Waals surface area contributed by atoms with Gasteiger partial charge in [0, 0.05) is 37.4 Å². The number of halogens is 2. The van der Waals surface area contributed by atoms with Gasteiger partial charge in [-0.05, 0) is 80.9 Å². The summed E-state index contributed by atoms with van der Waals surface area (Å²) in [6.45, 7) is 5.81. The Labute approximate surface area is 209 Å². The first-order chi connectivity index (χ1) is 15.7. The van der Waals surface area contributed by atoms with Crippen LogP contribution in [0.1, 0.15) is 23.9 Å². The molecule has 4 rings (SSSR count). The molecule has 0 fully saturated rings. The van der Waals surface area contributed by atoms with Crippen molar-refractivity contribution in [3.63, 3.8) is 0 Å². The number of methoxy groups -OCH3 is 1. The van der Waals surface area contributed by atoms with Crippen LogP contribution in [-0.4, -0.2) is 23.4 Å². The smallest absolute Gasteiger partial charge is 0.343 e. The van der Waals surface area contributed by atoms with Gasteiger partial charge in [-0.1, -0.05) is 37.9 Å². The summed E-state index contributed by atoms with van der Waals surface area (Å²) in [7, 11) is 1.28. The number of rotatable bonds is 4. The summed E-state index contributed by atoms with van der Waals surface area (Å²) in [5, 5.41) is 0. The van der Waals surface area contributed by atoms with Crippen molar-refractivity contribution in [1.29, 1.82) is 0 Å². The molecule has 5 nitrogen and oxygen atoms in total. The maximum atomic E-state index is 13.4. The zero-order valence-electron chi connectivity index (χ0n) is 18.6. The van der Waals surface area contributed by atoms with Crippen molar-refractivity contribution in [2.24, 2.45) is 0 Å². The molecule has 0 unspecified atom stereocenters. The van der Waals surface area contributed by atoms with Gasteiger partial charge in [-0.2, -0.15) is 0 Å². The van der Waals surface area contributed by atoms with E-state index in [0.717, 1.165) is 37.3 Å². The third kappa shape index (κ3) is 4.23. The lowest BCUT2D eigenvalue weighted by atomic mass is 10.1. The van der Waals surface area contributed by atoms with Crippen LogP contribution in [0.2, 0.25) is 0 Å². The Kier molecular flexibility index (Phi) is 6.45. The van der Waals surface area contributed by atoms with Gasteiger partial charge in [0.15, 0.2) is 0 Å². The predicted octanol–water partition coefficient (Wildman–Crippen LogP) is 6.50. The summed E-state index contributed by atoms with van der Waals surface area (Å²) in [4.78, 5) is 27.6. The number of benzene rings is 2. The maximum Gasteiger partial charge on any atom is 0.343 e. The van der Waals surface area contributed by atoms with E-state index in [1.165, 1.54) is 7.11 Å². The van der Waals surface area contributed by atoms with E-state index >= 15 is 0 Å². The highest BCUT2D eigenvalue weighted by molar-refractivity contribution is 9.10. The van der Waals surface area contributed by atoms with E-state index in [2.05, 4.69) is 36.4 Å². The van der Waals surface area contributed by atoms with Crippen molar-refractivity contribution in [2.75, 3.05) is 12.0 Å². The first-order valence-electron chi connectivity index (χ1n) is 10.3. The maximum absolute atomic E-state index is 13.4. The van der Waals surface area contributed by atoms with Gasteiger partial charge in [-0.3, -0.25) is 4.79 Å². The highest BCUT2D eigenvalue weighted by atomic mass is 79.9. The third-order valence-electron chi connectivity index (χ3n) is 5.70. The Balaban J connectivity index is 1.87. The summed E-state index contributed by atoms with van der Waals surface area (Å²) >= 11 is 6.99. The molecule has 0 N–H and O–H groups in total. The fourth-order valence-electron chi connectivity index (χ4n) is 4.18. The zero-order chi connectivity index (χ0) is 23.9. The highest BCUT2D eigenvalue weighted by Gasteiger charge is 2.38. The molecule has 1 aromatic heterocycles. The molecule has 2 heterocycles. The number of ether oxygens (including phenoxy) is 1. The monoisotopic (exact) mass is 568 g/mol. The summed E-state index contributed by atoms with van der Waals surface area (Å²) in [5.74, 6) is -0.989. The average molecular weight is 570 g/mol. The summed E-state index contributed by atoms with van der Waals surface area (Å²) in [6.07, 6.45) is 1.85. The van der Waals surface area contributed by atoms with Crippen LogP contribution >= 0.6 is 31.9 Å². The van der Waals surface area contributed by atoms with Crippen LogP contribution in [-0.2, 0) is 14.3 Å². The number of aryl methyl sites for hydroxylation is 1. The van der Waals surface area contributed by atoms with Gasteiger partial charge in [0.05, 0.1) is 12.8 Å². The second-order valence-electron chi connectivity index (χ2n) is 7.76. The van der Waals surface area contributed by atoms with Gasteiger partial charge in [0.25, 0.3) is 0 Å². The number of anilines is 1. The molecule has 0 amide bonds. The molecular formula is C26H22Br2N2O3. The number of allylic oxidation sites excluding steroid dienone is 2. The number of esters is 1. The first kappa shape index (κ1) is 23.3. The quantitative estimate of drug-likeness (QED) is 0.204. The number of ketones is 1. The lowest BCUT2D eigenvalue weighted by molar-refractivity contribution is -0.137. The fourth-order valence-corrected chi connectivity index (χ4v) is 4.83. The number of carbonyl (C=O) groups is 2. The molecule has 0 saturated carbocycles. The minimum Gasteiger partial charge on any atom is -0.465 e. The largest absolute Gasteiger partial charge is 0.465 e. The van der Waals surface area contributed by atoms with E-state index in [1.807, 2.05) is 79.4 Å². The van der Waals surface area contributed by atoms with Gasteiger partial charge in [-0.15, -0.1) is 0 Å². The topological polar surface area (TPSA) is 51.5 Å². The summed E-state index contributed by atoms with van der Waals surface area (Å²) in [6, 6.07) is 17.7. The number of nitrogens with zero attached hydrogens (tertiary/aromatic N) is 2. The molecule has 0 saturated heterocycles. The number of Topliss-reactive ketones (excluding diaryl/α,β-unsaturated/α-hetero) is 1. The van der Waals surface area contributed by atoms with Crippen molar-refractivity contribution in [1.82, 2.24) is 4.57 Å². The van der Waals surface area contributed by atoms with Crippen LogP contribution in [0, 0.1) is 13.8 Å². The van der Waals surface area contributed by atoms with Crippen LogP contribution in [0.25, 0.3) is 11.8 Å². The Hall–Kier alpha value is -2.90. The van der Waals surface area contributed by atoms with E-state index < -0.39 is 5.97 Å². The van der Waals surface area contributed by atoms with Gasteiger partial charge < -0.3 is 14.2 Å². The molecule has 0 atom stereocenters. The standard InChI is InChI=1S/C26H22Br2N2O3/c1-15-12-18(16(2)29(15)22-7-5-6-20(28)14-22)13-23-25(31)24(26(32)33-4)17(3)30(23)21-10-8-19(27)9-11-21/h5-14H,1-4H3/b23-13+. The molecule has 33 heavy (non-hydrogen) atoms. The van der Waals surface area contributed by atoms with E-state index in [0.29, 0.717) is 11.4 Å². The molecule has 1 aliphatic heterocycles. The van der Waals surface area contributed by atoms with E-state index in [9.17, 15) is 9.59 Å². The second-order valence-corrected chi connectivity index (χ2v) is 9.60. The number of hydrogen-bond acceptors (Lipinski definition) is 4. The van der Waals surface area contributed by atoms with Crippen LogP contribution in [0.3, 0.4) is 0 Å². The number of aromatic nitrogens is 1. The lowest BCUT2D eigenvalue weighted by Crippen LogP contribution is -2.18. The van der Waals surface area contributed by atoms with E-state index in [1.54, 1.807) is 6.92 Å². The zero-order valence-corrected chi connectivity index (χ0v) is 21.8. The number of carbonyl (C=O) groups excluding carboxylic acids is 2. The predicted molar refractivity (Wildman–Crippen MR) is 137 cm³/mol. The third-order valence-corrected chi connectivity index (χ3v) is 6.72. The lowest BCUT2D eigenvalue weighted by Gasteiger charge is -2.21. The minimum atomic E-state index is -0.636. The van der Waals surface area contributed by atoms with Crippen LogP contribution in [0.4, 0.5) is 5.69 Å².